The number of ether oxygens (including phenoxy) is 1. The number of nitrogens with zero attached hydrogens (tertiary/aromatic N) is 6. The zero-order valence-electron chi connectivity index (χ0n) is 18.0. The average molecular weight is 427 g/mol. The minimum absolute atomic E-state index is 0.161. The lowest BCUT2D eigenvalue weighted by Gasteiger charge is -2.43. The van der Waals surface area contributed by atoms with Crippen molar-refractivity contribution in [3.05, 3.63) is 46.1 Å². The molecule has 0 aromatic carbocycles. The molecule has 3 aliphatic heterocycles. The van der Waals surface area contributed by atoms with E-state index in [2.05, 4.69) is 24.9 Å². The highest BCUT2D eigenvalue weighted by Gasteiger charge is 2.47. The molecule has 2 bridgehead atoms. The molecule has 3 atom stereocenters. The number of rotatable bonds is 5. The predicted octanol–water partition coefficient (Wildman–Crippen LogP) is 0.736. The Morgan fingerprint density at radius 1 is 1.13 bits per heavy atom. The van der Waals surface area contributed by atoms with Gasteiger partial charge >= 0.3 is 0 Å². The predicted molar refractivity (Wildman–Crippen MR) is 115 cm³/mol. The molecule has 3 saturated heterocycles. The molecule has 3 fully saturated rings. The van der Waals surface area contributed by atoms with Crippen molar-refractivity contribution < 1.29 is 9.84 Å². The summed E-state index contributed by atoms with van der Waals surface area (Å²) in [4.78, 5) is 26.0. The lowest BCUT2D eigenvalue weighted by atomic mass is 9.85. The third-order valence-corrected chi connectivity index (χ3v) is 6.80. The minimum atomic E-state index is -0.899. The third-order valence-electron chi connectivity index (χ3n) is 6.80. The molecule has 31 heavy (non-hydrogen) atoms. The van der Waals surface area contributed by atoms with Crippen LogP contribution in [-0.2, 0) is 17.8 Å². The Kier molecular flexibility index (Phi) is 5.49. The first-order chi connectivity index (χ1) is 15.0. The summed E-state index contributed by atoms with van der Waals surface area (Å²) >= 11 is 0. The van der Waals surface area contributed by atoms with Crippen LogP contribution in [0.25, 0.3) is 0 Å². The van der Waals surface area contributed by atoms with Gasteiger partial charge in [0, 0.05) is 55.7 Å². The number of aryl methyl sites for hydroxylation is 1. The molecule has 0 radical (unpaired) electrons. The quantitative estimate of drug-likeness (QED) is 0.748. The van der Waals surface area contributed by atoms with E-state index in [1.54, 1.807) is 6.07 Å². The maximum Gasteiger partial charge on any atom is 0.266 e. The van der Waals surface area contributed by atoms with E-state index in [1.165, 1.54) is 10.7 Å². The summed E-state index contributed by atoms with van der Waals surface area (Å²) in [6, 6.07) is 3.82. The number of hydrogen-bond donors (Lipinski definition) is 1. The van der Waals surface area contributed by atoms with Gasteiger partial charge in [-0.15, -0.1) is 0 Å². The molecule has 9 nitrogen and oxygen atoms in total. The van der Waals surface area contributed by atoms with E-state index in [0.717, 1.165) is 62.9 Å². The smallest absolute Gasteiger partial charge is 0.266 e. The number of aliphatic hydroxyl groups is 1. The molecule has 0 aliphatic carbocycles. The van der Waals surface area contributed by atoms with Gasteiger partial charge in [0.1, 0.15) is 0 Å². The van der Waals surface area contributed by atoms with E-state index in [1.807, 2.05) is 19.3 Å². The monoisotopic (exact) mass is 426 g/mol. The largest absolute Gasteiger partial charge is 0.388 e. The van der Waals surface area contributed by atoms with Crippen LogP contribution in [-0.4, -0.2) is 73.7 Å². The number of fused-ring (bicyclic) bond motifs is 2. The molecule has 1 unspecified atom stereocenters. The van der Waals surface area contributed by atoms with E-state index < -0.39 is 5.60 Å². The molecular formula is C22H30N6O3. The summed E-state index contributed by atoms with van der Waals surface area (Å²) in [5.74, 6) is 0.763. The van der Waals surface area contributed by atoms with Gasteiger partial charge in [0.15, 0.2) is 0 Å². The summed E-state index contributed by atoms with van der Waals surface area (Å²) in [5, 5.41) is 15.6. The van der Waals surface area contributed by atoms with Crippen LogP contribution in [0.3, 0.4) is 0 Å². The lowest BCUT2D eigenvalue weighted by molar-refractivity contribution is -0.0678. The van der Waals surface area contributed by atoms with Crippen molar-refractivity contribution >= 4 is 5.95 Å². The maximum atomic E-state index is 12.2. The third kappa shape index (κ3) is 4.35. The molecule has 3 aliphatic rings. The average Bonchev–Trinajstić information content (AvgIpc) is 3.01. The first-order valence-electron chi connectivity index (χ1n) is 11.2. The summed E-state index contributed by atoms with van der Waals surface area (Å²) in [5.41, 5.74) is 0.815. The van der Waals surface area contributed by atoms with Gasteiger partial charge in [-0.1, -0.05) is 0 Å². The number of hydrogen-bond acceptors (Lipinski definition) is 8. The summed E-state index contributed by atoms with van der Waals surface area (Å²) in [6.07, 6.45) is 7.28. The zero-order valence-corrected chi connectivity index (χ0v) is 18.0. The van der Waals surface area contributed by atoms with E-state index >= 15 is 0 Å². The minimum Gasteiger partial charge on any atom is -0.388 e. The number of aromatic nitrogens is 4. The Bertz CT molecular complexity index is 958. The van der Waals surface area contributed by atoms with Crippen molar-refractivity contribution in [2.24, 2.45) is 0 Å². The van der Waals surface area contributed by atoms with Gasteiger partial charge in [-0.25, -0.2) is 14.6 Å². The number of morpholine rings is 1. The molecule has 1 N–H and O–H groups in total. The number of piperidine rings is 1. The van der Waals surface area contributed by atoms with E-state index in [0.29, 0.717) is 24.9 Å². The summed E-state index contributed by atoms with van der Waals surface area (Å²) in [6.45, 7) is 5.99. The number of anilines is 1. The highest BCUT2D eigenvalue weighted by Crippen LogP contribution is 2.42. The van der Waals surface area contributed by atoms with Crippen LogP contribution in [0.15, 0.2) is 29.3 Å². The van der Waals surface area contributed by atoms with Crippen LogP contribution in [0.4, 0.5) is 5.95 Å². The molecule has 0 spiro atoms. The zero-order chi connectivity index (χ0) is 21.4. The standard InChI is InChI=1S/C22H30N6O3/c1-16-2-5-20(29)28(25-16)15-22(30)10-18-3-4-19(11-22)27(18)14-17-12-23-21(24-13-17)26-6-8-31-9-7-26/h2,5,12-13,18-19,30H,3-4,6-11,14-15H2,1H3/t18-,19+,22?. The van der Waals surface area contributed by atoms with Crippen molar-refractivity contribution in [3.63, 3.8) is 0 Å². The van der Waals surface area contributed by atoms with Crippen LogP contribution in [0, 0.1) is 6.92 Å². The summed E-state index contributed by atoms with van der Waals surface area (Å²) in [7, 11) is 0. The molecule has 0 saturated carbocycles. The topological polar surface area (TPSA) is 96.6 Å². The van der Waals surface area contributed by atoms with Gasteiger partial charge < -0.3 is 14.7 Å². The molecule has 5 rings (SSSR count). The van der Waals surface area contributed by atoms with Crippen LogP contribution >= 0.6 is 0 Å². The van der Waals surface area contributed by atoms with Crippen molar-refractivity contribution in [1.29, 1.82) is 0 Å². The Morgan fingerprint density at radius 3 is 2.48 bits per heavy atom. The van der Waals surface area contributed by atoms with Gasteiger partial charge in [-0.2, -0.15) is 5.10 Å². The van der Waals surface area contributed by atoms with Gasteiger partial charge in [0.25, 0.3) is 5.56 Å². The highest BCUT2D eigenvalue weighted by atomic mass is 16.5. The van der Waals surface area contributed by atoms with E-state index in [4.69, 9.17) is 4.74 Å². The fourth-order valence-corrected chi connectivity index (χ4v) is 5.31. The molecule has 2 aromatic heterocycles. The van der Waals surface area contributed by atoms with Crippen molar-refractivity contribution in [1.82, 2.24) is 24.6 Å². The Balaban J connectivity index is 1.25. The van der Waals surface area contributed by atoms with Crippen molar-refractivity contribution in [2.45, 2.75) is 63.4 Å². The Hall–Kier alpha value is -2.36. The second-order valence-electron chi connectivity index (χ2n) is 9.15. The van der Waals surface area contributed by atoms with Gasteiger partial charge in [-0.3, -0.25) is 9.69 Å². The highest BCUT2D eigenvalue weighted by molar-refractivity contribution is 5.30. The van der Waals surface area contributed by atoms with Crippen LogP contribution in [0.5, 0.6) is 0 Å². The normalized spacial score (nSPS) is 28.8. The van der Waals surface area contributed by atoms with Crippen molar-refractivity contribution in [2.75, 3.05) is 31.2 Å². The Labute approximate surface area is 181 Å². The van der Waals surface area contributed by atoms with Crippen molar-refractivity contribution in [3.8, 4) is 0 Å². The van der Waals surface area contributed by atoms with Gasteiger partial charge in [-0.05, 0) is 38.7 Å². The molecule has 9 heteroatoms. The molecule has 5 heterocycles. The van der Waals surface area contributed by atoms with Crippen LogP contribution in [0.2, 0.25) is 0 Å². The van der Waals surface area contributed by atoms with E-state index in [9.17, 15) is 9.90 Å². The molecule has 2 aromatic rings. The van der Waals surface area contributed by atoms with Crippen LogP contribution < -0.4 is 10.5 Å². The molecule has 0 amide bonds. The molecular weight excluding hydrogens is 396 g/mol. The van der Waals surface area contributed by atoms with E-state index in [-0.39, 0.29) is 12.1 Å². The first-order valence-corrected chi connectivity index (χ1v) is 11.2. The Morgan fingerprint density at radius 2 is 1.81 bits per heavy atom. The lowest BCUT2D eigenvalue weighted by Crippen LogP contribution is -2.53. The molecule has 166 valence electrons. The second kappa shape index (κ2) is 8.29. The summed E-state index contributed by atoms with van der Waals surface area (Å²) < 4.78 is 6.81. The first kappa shape index (κ1) is 20.5. The SMILES string of the molecule is Cc1ccc(=O)n(CC2(O)C[C@H]3CC[C@@H](C2)N3Cc2cnc(N3CCOCC3)nc2)n1. The van der Waals surface area contributed by atoms with Gasteiger partial charge in [0.05, 0.1) is 31.1 Å². The maximum absolute atomic E-state index is 12.2. The second-order valence-corrected chi connectivity index (χ2v) is 9.15. The van der Waals surface area contributed by atoms with Crippen LogP contribution in [0.1, 0.15) is 36.9 Å². The fraction of sp³-hybridized carbons (Fsp3) is 0.636. The van der Waals surface area contributed by atoms with Gasteiger partial charge in [0.2, 0.25) is 5.95 Å². The fourth-order valence-electron chi connectivity index (χ4n) is 5.31.